The molecule has 0 spiro atoms. The molecule has 0 aliphatic carbocycles. The Bertz CT molecular complexity index is 485. The summed E-state index contributed by atoms with van der Waals surface area (Å²) in [5.41, 5.74) is 4.89. The molecule has 1 aromatic rings. The molecule has 1 rings (SSSR count). The number of benzene rings is 1. The van der Waals surface area contributed by atoms with Crippen LogP contribution in [0.3, 0.4) is 0 Å². The molecule has 7 heteroatoms. The highest BCUT2D eigenvalue weighted by Crippen LogP contribution is 2.11. The molecule has 21 heavy (non-hydrogen) atoms. The first-order chi connectivity index (χ1) is 9.84. The number of urea groups is 1. The number of primary amides is 1. The molecular formula is C14H21N3O4. The van der Waals surface area contributed by atoms with Crippen LogP contribution in [0, 0.1) is 0 Å². The summed E-state index contributed by atoms with van der Waals surface area (Å²) in [5, 5.41) is 15.1. The molecule has 1 unspecified atom stereocenters. The molecule has 0 bridgehead atoms. The van der Waals surface area contributed by atoms with Crippen molar-refractivity contribution in [1.82, 2.24) is 5.32 Å². The summed E-state index contributed by atoms with van der Waals surface area (Å²) in [6.07, 6.45) is 0.422. The first kappa shape index (κ1) is 16.9. The van der Waals surface area contributed by atoms with E-state index in [1.165, 1.54) is 0 Å². The average Bonchev–Trinajstić information content (AvgIpc) is 2.43. The number of hydrogen-bond acceptors (Lipinski definition) is 4. The molecule has 0 saturated carbocycles. The van der Waals surface area contributed by atoms with Crippen molar-refractivity contribution in [2.45, 2.75) is 18.9 Å². The fourth-order valence-corrected chi connectivity index (χ4v) is 1.63. The molecule has 0 aliphatic rings. The highest BCUT2D eigenvalue weighted by molar-refractivity contribution is 5.95. The lowest BCUT2D eigenvalue weighted by molar-refractivity contribution is 0.0243. The van der Waals surface area contributed by atoms with Gasteiger partial charge in [0.05, 0.1) is 5.60 Å². The number of carbonyl (C=O) groups excluding carboxylic acids is 2. The summed E-state index contributed by atoms with van der Waals surface area (Å²) in [6.45, 7) is 2.17. The molecule has 3 amide bonds. The van der Waals surface area contributed by atoms with Crippen molar-refractivity contribution >= 4 is 17.6 Å². The van der Waals surface area contributed by atoms with Gasteiger partial charge >= 0.3 is 6.03 Å². The molecule has 0 saturated heterocycles. The Kier molecular flexibility index (Phi) is 6.13. The monoisotopic (exact) mass is 295 g/mol. The van der Waals surface area contributed by atoms with E-state index in [4.69, 9.17) is 10.5 Å². The van der Waals surface area contributed by atoms with Gasteiger partial charge in [-0.2, -0.15) is 0 Å². The van der Waals surface area contributed by atoms with Gasteiger partial charge in [-0.1, -0.05) is 0 Å². The van der Waals surface area contributed by atoms with Crippen molar-refractivity contribution in [2.75, 3.05) is 25.6 Å². The Labute approximate surface area is 123 Å². The number of hydrogen-bond donors (Lipinski definition) is 4. The van der Waals surface area contributed by atoms with Gasteiger partial charge in [-0.3, -0.25) is 4.79 Å². The van der Waals surface area contributed by atoms with E-state index in [1.807, 2.05) is 0 Å². The van der Waals surface area contributed by atoms with Gasteiger partial charge in [0.2, 0.25) is 0 Å². The van der Waals surface area contributed by atoms with Crippen LogP contribution in [0.4, 0.5) is 10.5 Å². The summed E-state index contributed by atoms with van der Waals surface area (Å²) in [6, 6.07) is 5.60. The second-order valence-corrected chi connectivity index (χ2v) is 4.99. The zero-order chi connectivity index (χ0) is 15.9. The number of nitrogens with two attached hydrogens (primary N) is 1. The van der Waals surface area contributed by atoms with Gasteiger partial charge in [0.15, 0.2) is 0 Å². The molecule has 0 aliphatic heterocycles. The van der Waals surface area contributed by atoms with Gasteiger partial charge < -0.3 is 26.2 Å². The summed E-state index contributed by atoms with van der Waals surface area (Å²) < 4.78 is 4.90. The van der Waals surface area contributed by atoms with Crippen LogP contribution in [0.1, 0.15) is 23.7 Å². The van der Waals surface area contributed by atoms with Gasteiger partial charge in [-0.15, -0.1) is 0 Å². The molecule has 0 fully saturated rings. The van der Waals surface area contributed by atoms with Crippen molar-refractivity contribution in [3.63, 3.8) is 0 Å². The van der Waals surface area contributed by atoms with Gasteiger partial charge in [-0.05, 0) is 31.2 Å². The molecular weight excluding hydrogens is 274 g/mol. The molecule has 116 valence electrons. The van der Waals surface area contributed by atoms with E-state index < -0.39 is 11.6 Å². The maximum atomic E-state index is 11.9. The van der Waals surface area contributed by atoms with Crippen LogP contribution in [0.25, 0.3) is 0 Å². The SMILES string of the molecule is COCCC(C)(O)CNC(=O)c1ccc(NC(N)=O)cc1. The minimum atomic E-state index is -1.03. The van der Waals surface area contributed by atoms with Crippen LogP contribution in [-0.2, 0) is 4.74 Å². The minimum absolute atomic E-state index is 0.122. The predicted molar refractivity (Wildman–Crippen MR) is 79.1 cm³/mol. The molecule has 1 atom stereocenters. The van der Waals surface area contributed by atoms with Crippen LogP contribution in [0.15, 0.2) is 24.3 Å². The third-order valence-corrected chi connectivity index (χ3v) is 2.89. The molecule has 0 heterocycles. The van der Waals surface area contributed by atoms with Crippen LogP contribution in [0.2, 0.25) is 0 Å². The highest BCUT2D eigenvalue weighted by Gasteiger charge is 2.21. The van der Waals surface area contributed by atoms with E-state index in [-0.39, 0.29) is 12.5 Å². The zero-order valence-electron chi connectivity index (χ0n) is 12.2. The van der Waals surface area contributed by atoms with Crippen molar-refractivity contribution in [3.8, 4) is 0 Å². The summed E-state index contributed by atoms with van der Waals surface area (Å²) in [4.78, 5) is 22.6. The summed E-state index contributed by atoms with van der Waals surface area (Å²) >= 11 is 0. The van der Waals surface area contributed by atoms with Crippen molar-refractivity contribution in [3.05, 3.63) is 29.8 Å². The number of nitrogens with one attached hydrogen (secondary N) is 2. The Morgan fingerprint density at radius 1 is 1.33 bits per heavy atom. The maximum absolute atomic E-state index is 11.9. The van der Waals surface area contributed by atoms with Gasteiger partial charge in [0, 0.05) is 37.9 Å². The second kappa shape index (κ2) is 7.61. The molecule has 1 aromatic carbocycles. The van der Waals surface area contributed by atoms with E-state index in [9.17, 15) is 14.7 Å². The predicted octanol–water partition coefficient (Wildman–Crippen LogP) is 0.694. The number of ether oxygens (including phenoxy) is 1. The normalized spacial score (nSPS) is 13.3. The van der Waals surface area contributed by atoms with Crippen LogP contribution < -0.4 is 16.4 Å². The Morgan fingerprint density at radius 3 is 2.48 bits per heavy atom. The van der Waals surface area contributed by atoms with E-state index in [0.717, 1.165) is 0 Å². The van der Waals surface area contributed by atoms with Crippen LogP contribution in [0.5, 0.6) is 0 Å². The lowest BCUT2D eigenvalue weighted by Crippen LogP contribution is -2.41. The quantitative estimate of drug-likeness (QED) is 0.592. The summed E-state index contributed by atoms with van der Waals surface area (Å²) in [7, 11) is 1.55. The number of aliphatic hydroxyl groups is 1. The van der Waals surface area contributed by atoms with Gasteiger partial charge in [0.25, 0.3) is 5.91 Å². The van der Waals surface area contributed by atoms with E-state index in [1.54, 1.807) is 38.3 Å². The van der Waals surface area contributed by atoms with Crippen LogP contribution >= 0.6 is 0 Å². The number of carbonyl (C=O) groups is 2. The van der Waals surface area contributed by atoms with E-state index in [2.05, 4.69) is 10.6 Å². The second-order valence-electron chi connectivity index (χ2n) is 4.99. The minimum Gasteiger partial charge on any atom is -0.388 e. The molecule has 0 aromatic heterocycles. The molecule has 5 N–H and O–H groups in total. The first-order valence-corrected chi connectivity index (χ1v) is 6.50. The zero-order valence-corrected chi connectivity index (χ0v) is 12.2. The van der Waals surface area contributed by atoms with E-state index >= 15 is 0 Å². The number of methoxy groups -OCH3 is 1. The van der Waals surface area contributed by atoms with Crippen LogP contribution in [-0.4, -0.2) is 42.9 Å². The topological polar surface area (TPSA) is 114 Å². The largest absolute Gasteiger partial charge is 0.388 e. The summed E-state index contributed by atoms with van der Waals surface area (Å²) in [5.74, 6) is -0.307. The lowest BCUT2D eigenvalue weighted by Gasteiger charge is -2.23. The maximum Gasteiger partial charge on any atom is 0.316 e. The van der Waals surface area contributed by atoms with Crippen molar-refractivity contribution < 1.29 is 19.4 Å². The highest BCUT2D eigenvalue weighted by atomic mass is 16.5. The smallest absolute Gasteiger partial charge is 0.316 e. The first-order valence-electron chi connectivity index (χ1n) is 6.50. The van der Waals surface area contributed by atoms with E-state index in [0.29, 0.717) is 24.3 Å². The Morgan fingerprint density at radius 2 is 1.95 bits per heavy atom. The third-order valence-electron chi connectivity index (χ3n) is 2.89. The van der Waals surface area contributed by atoms with Crippen molar-refractivity contribution in [2.24, 2.45) is 5.73 Å². The number of anilines is 1. The van der Waals surface area contributed by atoms with Gasteiger partial charge in [-0.25, -0.2) is 4.79 Å². The average molecular weight is 295 g/mol. The fraction of sp³-hybridized carbons (Fsp3) is 0.429. The van der Waals surface area contributed by atoms with Gasteiger partial charge in [0.1, 0.15) is 0 Å². The lowest BCUT2D eigenvalue weighted by atomic mass is 10.0. The molecule has 7 nitrogen and oxygen atoms in total. The molecule has 0 radical (unpaired) electrons. The number of rotatable bonds is 7. The van der Waals surface area contributed by atoms with Crippen molar-refractivity contribution in [1.29, 1.82) is 0 Å². The Balaban J connectivity index is 2.53. The fourth-order valence-electron chi connectivity index (χ4n) is 1.63. The standard InChI is InChI=1S/C14H21N3O4/c1-14(20,7-8-21-2)9-16-12(18)10-3-5-11(6-4-10)17-13(15)19/h3-6,20H,7-9H2,1-2H3,(H,16,18)(H3,15,17,19). The number of amides is 3. The Hall–Kier alpha value is -2.12. The third kappa shape index (κ3) is 6.24.